The summed E-state index contributed by atoms with van der Waals surface area (Å²) in [6.45, 7) is 8.40. The number of nitrogens with two attached hydrogens (primary N) is 1. The van der Waals surface area contributed by atoms with Crippen molar-refractivity contribution in [2.75, 3.05) is 39.9 Å². The maximum atomic E-state index is 5.83. The van der Waals surface area contributed by atoms with Crippen LogP contribution in [0.2, 0.25) is 0 Å². The first kappa shape index (κ1) is 11.9. The Bertz CT molecular complexity index is 174. The molecule has 0 aliphatic carbocycles. The summed E-state index contributed by atoms with van der Waals surface area (Å²) in [5.74, 6) is 0. The summed E-state index contributed by atoms with van der Waals surface area (Å²) in [6, 6.07) is 0. The van der Waals surface area contributed by atoms with Crippen LogP contribution in [0.3, 0.4) is 0 Å². The molecule has 14 heavy (non-hydrogen) atoms. The minimum atomic E-state index is -0.0873. The van der Waals surface area contributed by atoms with Crippen molar-refractivity contribution in [2.45, 2.75) is 25.6 Å². The molecule has 2 N–H and O–H groups in total. The van der Waals surface area contributed by atoms with E-state index in [1.807, 2.05) is 0 Å². The van der Waals surface area contributed by atoms with Crippen molar-refractivity contribution in [1.29, 1.82) is 0 Å². The molecule has 1 saturated heterocycles. The molecule has 0 saturated carbocycles. The van der Waals surface area contributed by atoms with Gasteiger partial charge in [0.2, 0.25) is 0 Å². The Kier molecular flexibility index (Phi) is 4.31. The summed E-state index contributed by atoms with van der Waals surface area (Å²) in [5.41, 5.74) is 5.55. The topological polar surface area (TPSA) is 47.7 Å². The second kappa shape index (κ2) is 5.07. The summed E-state index contributed by atoms with van der Waals surface area (Å²) in [5, 5.41) is 0. The van der Waals surface area contributed by atoms with Crippen LogP contribution in [0, 0.1) is 0 Å². The molecule has 1 atom stereocenters. The van der Waals surface area contributed by atoms with Gasteiger partial charge in [-0.15, -0.1) is 0 Å². The van der Waals surface area contributed by atoms with Crippen LogP contribution in [0.4, 0.5) is 0 Å². The predicted octanol–water partition coefficient (Wildman–Crippen LogP) is 0.0709. The van der Waals surface area contributed by atoms with E-state index in [-0.39, 0.29) is 11.7 Å². The van der Waals surface area contributed by atoms with E-state index in [4.69, 9.17) is 15.2 Å². The van der Waals surface area contributed by atoms with Gasteiger partial charge in [-0.1, -0.05) is 0 Å². The van der Waals surface area contributed by atoms with Crippen molar-refractivity contribution in [3.05, 3.63) is 0 Å². The molecular weight excluding hydrogens is 180 g/mol. The molecular formula is C10H22N2O2. The molecule has 4 nitrogen and oxygen atoms in total. The average Bonchev–Trinajstić information content (AvgIpc) is 2.12. The molecule has 1 unspecified atom stereocenters. The fraction of sp³-hybridized carbons (Fsp3) is 1.00. The lowest BCUT2D eigenvalue weighted by atomic mass is 10.1. The molecule has 0 radical (unpaired) electrons. The Morgan fingerprint density at radius 1 is 1.57 bits per heavy atom. The van der Waals surface area contributed by atoms with Gasteiger partial charge >= 0.3 is 0 Å². The van der Waals surface area contributed by atoms with E-state index in [0.29, 0.717) is 6.54 Å². The van der Waals surface area contributed by atoms with Crippen molar-refractivity contribution < 1.29 is 9.47 Å². The zero-order chi connectivity index (χ0) is 10.6. The van der Waals surface area contributed by atoms with Gasteiger partial charge in [0.1, 0.15) is 0 Å². The van der Waals surface area contributed by atoms with Crippen LogP contribution in [-0.4, -0.2) is 56.5 Å². The molecule has 0 amide bonds. The van der Waals surface area contributed by atoms with Gasteiger partial charge in [-0.2, -0.15) is 0 Å². The zero-order valence-corrected chi connectivity index (χ0v) is 9.45. The second-order valence-corrected chi connectivity index (χ2v) is 4.46. The van der Waals surface area contributed by atoms with E-state index < -0.39 is 0 Å². The fourth-order valence-electron chi connectivity index (χ4n) is 1.93. The van der Waals surface area contributed by atoms with Gasteiger partial charge in [0.15, 0.2) is 0 Å². The summed E-state index contributed by atoms with van der Waals surface area (Å²) in [7, 11) is 1.73. The first-order chi connectivity index (χ1) is 6.57. The molecule has 1 heterocycles. The molecule has 1 aliphatic rings. The molecule has 1 aliphatic heterocycles. The van der Waals surface area contributed by atoms with E-state index in [2.05, 4.69) is 18.7 Å². The number of nitrogens with zero attached hydrogens (tertiary/aromatic N) is 1. The van der Waals surface area contributed by atoms with Crippen LogP contribution < -0.4 is 5.73 Å². The van der Waals surface area contributed by atoms with Crippen LogP contribution in [0.15, 0.2) is 0 Å². The molecule has 0 bridgehead atoms. The van der Waals surface area contributed by atoms with Crippen LogP contribution >= 0.6 is 0 Å². The highest BCUT2D eigenvalue weighted by Gasteiger charge is 2.32. The molecule has 1 fully saturated rings. The number of rotatable bonds is 4. The van der Waals surface area contributed by atoms with Crippen LogP contribution in [0.25, 0.3) is 0 Å². The predicted molar refractivity (Wildman–Crippen MR) is 56.3 cm³/mol. The van der Waals surface area contributed by atoms with Gasteiger partial charge in [0.25, 0.3) is 0 Å². The number of methoxy groups -OCH3 is 1. The lowest BCUT2D eigenvalue weighted by Crippen LogP contribution is -2.55. The number of ether oxygens (including phenoxy) is 2. The fourth-order valence-corrected chi connectivity index (χ4v) is 1.93. The Labute approximate surface area is 86.3 Å². The Morgan fingerprint density at radius 2 is 2.29 bits per heavy atom. The van der Waals surface area contributed by atoms with Crippen molar-refractivity contribution in [3.63, 3.8) is 0 Å². The standard InChI is InChI=1S/C10H22N2O2/c1-10(2)8-12(4-5-13-3)7-9(6-11)14-10/h9H,4-8,11H2,1-3H3. The third kappa shape index (κ3) is 3.53. The number of hydrogen-bond acceptors (Lipinski definition) is 4. The van der Waals surface area contributed by atoms with Crippen molar-refractivity contribution >= 4 is 0 Å². The highest BCUT2D eigenvalue weighted by molar-refractivity contribution is 4.84. The summed E-state index contributed by atoms with van der Waals surface area (Å²) < 4.78 is 10.9. The highest BCUT2D eigenvalue weighted by Crippen LogP contribution is 2.20. The zero-order valence-electron chi connectivity index (χ0n) is 9.45. The van der Waals surface area contributed by atoms with E-state index in [0.717, 1.165) is 26.2 Å². The van der Waals surface area contributed by atoms with Gasteiger partial charge in [-0.05, 0) is 13.8 Å². The van der Waals surface area contributed by atoms with Crippen LogP contribution in [0.1, 0.15) is 13.8 Å². The maximum absolute atomic E-state index is 5.83. The van der Waals surface area contributed by atoms with Gasteiger partial charge in [-0.25, -0.2) is 0 Å². The van der Waals surface area contributed by atoms with Gasteiger partial charge in [0, 0.05) is 33.3 Å². The van der Waals surface area contributed by atoms with Crippen molar-refractivity contribution in [3.8, 4) is 0 Å². The van der Waals surface area contributed by atoms with Gasteiger partial charge in [0.05, 0.1) is 18.3 Å². The lowest BCUT2D eigenvalue weighted by Gasteiger charge is -2.42. The van der Waals surface area contributed by atoms with Crippen molar-refractivity contribution in [2.24, 2.45) is 5.73 Å². The maximum Gasteiger partial charge on any atom is 0.0831 e. The highest BCUT2D eigenvalue weighted by atomic mass is 16.5. The normalized spacial score (nSPS) is 27.9. The molecule has 0 aromatic rings. The molecule has 84 valence electrons. The largest absolute Gasteiger partial charge is 0.383 e. The van der Waals surface area contributed by atoms with Gasteiger partial charge in [-0.3, -0.25) is 4.90 Å². The first-order valence-corrected chi connectivity index (χ1v) is 5.16. The van der Waals surface area contributed by atoms with E-state index in [1.54, 1.807) is 7.11 Å². The van der Waals surface area contributed by atoms with E-state index >= 15 is 0 Å². The molecule has 4 heteroatoms. The summed E-state index contributed by atoms with van der Waals surface area (Å²) in [6.07, 6.45) is 0.163. The van der Waals surface area contributed by atoms with Gasteiger partial charge < -0.3 is 15.2 Å². The minimum absolute atomic E-state index is 0.0873. The average molecular weight is 202 g/mol. The Balaban J connectivity index is 2.43. The van der Waals surface area contributed by atoms with E-state index in [1.165, 1.54) is 0 Å². The molecule has 0 aromatic carbocycles. The Morgan fingerprint density at radius 3 is 2.86 bits per heavy atom. The smallest absolute Gasteiger partial charge is 0.0831 e. The minimum Gasteiger partial charge on any atom is -0.383 e. The summed E-state index contributed by atoms with van der Waals surface area (Å²) >= 11 is 0. The number of hydrogen-bond donors (Lipinski definition) is 1. The quantitative estimate of drug-likeness (QED) is 0.701. The van der Waals surface area contributed by atoms with Crippen molar-refractivity contribution in [1.82, 2.24) is 4.90 Å². The summed E-state index contributed by atoms with van der Waals surface area (Å²) in [4.78, 5) is 2.35. The molecule has 1 rings (SSSR count). The number of morpholine rings is 1. The Hall–Kier alpha value is -0.160. The van der Waals surface area contributed by atoms with Crippen LogP contribution in [-0.2, 0) is 9.47 Å². The monoisotopic (exact) mass is 202 g/mol. The second-order valence-electron chi connectivity index (χ2n) is 4.46. The van der Waals surface area contributed by atoms with E-state index in [9.17, 15) is 0 Å². The third-order valence-corrected chi connectivity index (χ3v) is 2.43. The lowest BCUT2D eigenvalue weighted by molar-refractivity contribution is -0.133. The molecule has 0 spiro atoms. The third-order valence-electron chi connectivity index (χ3n) is 2.43. The van der Waals surface area contributed by atoms with Crippen LogP contribution in [0.5, 0.6) is 0 Å². The molecule has 0 aromatic heterocycles. The first-order valence-electron chi connectivity index (χ1n) is 5.16. The SMILES string of the molecule is COCCN1CC(CN)OC(C)(C)C1.